The van der Waals surface area contributed by atoms with Gasteiger partial charge in [0.25, 0.3) is 16.9 Å². The van der Waals surface area contributed by atoms with Crippen LogP contribution in [0.1, 0.15) is 34.2 Å². The number of fused-ring (bicyclic) bond motifs is 2. The average molecular weight is 494 g/mol. The summed E-state index contributed by atoms with van der Waals surface area (Å²) in [7, 11) is 0. The van der Waals surface area contributed by atoms with E-state index in [1.165, 1.54) is 27.2 Å². The van der Waals surface area contributed by atoms with E-state index in [0.717, 1.165) is 27.9 Å². The predicted octanol–water partition coefficient (Wildman–Crippen LogP) is 3.29. The topological polar surface area (TPSA) is 124 Å². The molecule has 11 heteroatoms. The molecule has 1 aromatic carbocycles. The second-order valence-corrected chi connectivity index (χ2v) is 10.1. The highest BCUT2D eigenvalue weighted by molar-refractivity contribution is 7.98. The molecule has 0 aliphatic heterocycles. The van der Waals surface area contributed by atoms with Crippen LogP contribution in [-0.2, 0) is 18.7 Å². The fourth-order valence-electron chi connectivity index (χ4n) is 3.86. The number of nitrogens with two attached hydrogens (primary N) is 1. The summed E-state index contributed by atoms with van der Waals surface area (Å²) in [6.07, 6.45) is 0.855. The monoisotopic (exact) mass is 493 g/mol. The van der Waals surface area contributed by atoms with Crippen LogP contribution >= 0.6 is 23.1 Å². The Hall–Kier alpha value is -3.44. The number of nitrogen functional groups attached to an aromatic ring is 1. The van der Waals surface area contributed by atoms with Crippen molar-refractivity contribution in [1.82, 2.24) is 29.1 Å². The Labute approximate surface area is 202 Å². The standard InChI is InChI=1S/C23H23N7O2S2/c1-4-16-13(3)18-19(34-16)26-23(29(20(18)32)10-14-7-5-12(2)6-8-14)33-11-15-9-17(31)30-22(25-15)27-21(24)28-30/h5-9H,4,10-11H2,1-3H3,(H3,24,25,27,28). The maximum atomic E-state index is 13.6. The number of nitrogens with one attached hydrogen (secondary N) is 1. The molecule has 0 fully saturated rings. The van der Waals surface area contributed by atoms with Crippen LogP contribution in [0.4, 0.5) is 5.95 Å². The Kier molecular flexibility index (Phi) is 5.74. The number of anilines is 1. The average Bonchev–Trinajstić information content (AvgIpc) is 3.35. The fourth-order valence-corrected chi connectivity index (χ4v) is 5.91. The number of rotatable bonds is 6. The van der Waals surface area contributed by atoms with Crippen LogP contribution in [0.15, 0.2) is 45.1 Å². The van der Waals surface area contributed by atoms with Gasteiger partial charge in [-0.05, 0) is 31.4 Å². The smallest absolute Gasteiger partial charge is 0.274 e. The van der Waals surface area contributed by atoms with Gasteiger partial charge in [0, 0.05) is 16.7 Å². The van der Waals surface area contributed by atoms with Crippen molar-refractivity contribution in [3.63, 3.8) is 0 Å². The molecule has 0 aliphatic carbocycles. The van der Waals surface area contributed by atoms with E-state index in [9.17, 15) is 9.59 Å². The third-order valence-corrected chi connectivity index (χ3v) is 7.99. The lowest BCUT2D eigenvalue weighted by molar-refractivity contribution is 0.658. The van der Waals surface area contributed by atoms with E-state index in [1.807, 2.05) is 38.1 Å². The second-order valence-electron chi connectivity index (χ2n) is 8.07. The number of H-pyrrole nitrogens is 1. The van der Waals surface area contributed by atoms with Gasteiger partial charge in [-0.3, -0.25) is 19.3 Å². The summed E-state index contributed by atoms with van der Waals surface area (Å²) in [5, 5.41) is 3.93. The van der Waals surface area contributed by atoms with E-state index in [2.05, 4.69) is 22.0 Å². The zero-order valence-electron chi connectivity index (χ0n) is 19.0. The van der Waals surface area contributed by atoms with Crippen LogP contribution in [-0.4, -0.2) is 29.1 Å². The van der Waals surface area contributed by atoms with Gasteiger partial charge in [-0.25, -0.2) is 9.97 Å². The molecule has 0 amide bonds. The largest absolute Gasteiger partial charge is 0.368 e. The van der Waals surface area contributed by atoms with Crippen LogP contribution in [0.3, 0.4) is 0 Å². The van der Waals surface area contributed by atoms with Crippen molar-refractivity contribution in [2.24, 2.45) is 0 Å². The summed E-state index contributed by atoms with van der Waals surface area (Å²) >= 11 is 2.94. The van der Waals surface area contributed by atoms with Crippen LogP contribution < -0.4 is 16.9 Å². The predicted molar refractivity (Wildman–Crippen MR) is 136 cm³/mol. The second kappa shape index (κ2) is 8.73. The Morgan fingerprint density at radius 3 is 2.62 bits per heavy atom. The minimum absolute atomic E-state index is 0.0509. The molecule has 0 saturated heterocycles. The summed E-state index contributed by atoms with van der Waals surface area (Å²) in [5.74, 6) is 0.686. The first-order valence-corrected chi connectivity index (χ1v) is 12.6. The van der Waals surface area contributed by atoms with Gasteiger partial charge in [-0.2, -0.15) is 9.50 Å². The first-order valence-electron chi connectivity index (χ1n) is 10.8. The Balaban J connectivity index is 1.57. The highest BCUT2D eigenvalue weighted by Crippen LogP contribution is 2.30. The molecule has 0 atom stereocenters. The number of benzene rings is 1. The van der Waals surface area contributed by atoms with E-state index in [4.69, 9.17) is 10.7 Å². The number of nitrogens with zero attached hydrogens (tertiary/aromatic N) is 5. The Morgan fingerprint density at radius 2 is 1.88 bits per heavy atom. The number of thiophene rings is 1. The Morgan fingerprint density at radius 1 is 1.12 bits per heavy atom. The third-order valence-electron chi connectivity index (χ3n) is 5.65. The molecule has 4 heterocycles. The lowest BCUT2D eigenvalue weighted by Crippen LogP contribution is -2.24. The number of aromatic amines is 1. The van der Waals surface area contributed by atoms with E-state index in [0.29, 0.717) is 28.5 Å². The fraction of sp³-hybridized carbons (Fsp3) is 0.261. The molecule has 0 radical (unpaired) electrons. The molecule has 0 spiro atoms. The molecule has 4 aromatic heterocycles. The minimum atomic E-state index is -0.299. The molecular formula is C23H23N7O2S2. The van der Waals surface area contributed by atoms with Gasteiger partial charge < -0.3 is 5.73 Å². The minimum Gasteiger partial charge on any atom is -0.368 e. The first kappa shape index (κ1) is 22.4. The molecule has 0 aliphatic rings. The molecular weight excluding hydrogens is 470 g/mol. The van der Waals surface area contributed by atoms with Gasteiger partial charge in [0.05, 0.1) is 17.6 Å². The van der Waals surface area contributed by atoms with Crippen LogP contribution in [0.2, 0.25) is 0 Å². The summed E-state index contributed by atoms with van der Waals surface area (Å²) in [4.78, 5) is 41.3. The quantitative estimate of drug-likeness (QED) is 0.275. The zero-order chi connectivity index (χ0) is 24.0. The number of aryl methyl sites for hydroxylation is 3. The van der Waals surface area contributed by atoms with Crippen molar-refractivity contribution in [3.05, 3.63) is 78.3 Å². The lowest BCUT2D eigenvalue weighted by atomic mass is 10.1. The number of hydrogen-bond donors (Lipinski definition) is 2. The maximum absolute atomic E-state index is 13.6. The van der Waals surface area contributed by atoms with Gasteiger partial charge >= 0.3 is 0 Å². The van der Waals surface area contributed by atoms with Crippen LogP contribution in [0, 0.1) is 13.8 Å². The number of hydrogen-bond acceptors (Lipinski definition) is 8. The molecule has 3 N–H and O–H groups in total. The van der Waals surface area contributed by atoms with Crippen molar-refractivity contribution < 1.29 is 0 Å². The van der Waals surface area contributed by atoms with Crippen LogP contribution in [0.5, 0.6) is 0 Å². The maximum Gasteiger partial charge on any atom is 0.274 e. The van der Waals surface area contributed by atoms with Gasteiger partial charge in [-0.1, -0.05) is 48.5 Å². The third kappa shape index (κ3) is 4.01. The SMILES string of the molecule is CCc1sc2nc(SCc3cc(=O)n4[nH]c(N)nc4n3)n(Cc3ccc(C)cc3)c(=O)c2c1C. The van der Waals surface area contributed by atoms with Crippen molar-refractivity contribution in [1.29, 1.82) is 0 Å². The van der Waals surface area contributed by atoms with Crippen molar-refractivity contribution in [2.45, 2.75) is 44.6 Å². The highest BCUT2D eigenvalue weighted by Gasteiger charge is 2.18. The van der Waals surface area contributed by atoms with Crippen molar-refractivity contribution >= 4 is 45.0 Å². The molecule has 0 unspecified atom stereocenters. The molecule has 0 saturated carbocycles. The normalized spacial score (nSPS) is 11.6. The van der Waals surface area contributed by atoms with Gasteiger partial charge in [0.15, 0.2) is 5.16 Å². The number of thioether (sulfide) groups is 1. The molecule has 0 bridgehead atoms. The summed E-state index contributed by atoms with van der Waals surface area (Å²) in [6, 6.07) is 9.55. The van der Waals surface area contributed by atoms with Crippen LogP contribution in [0.25, 0.3) is 16.0 Å². The molecule has 174 valence electrons. The van der Waals surface area contributed by atoms with E-state index >= 15 is 0 Å². The summed E-state index contributed by atoms with van der Waals surface area (Å²) < 4.78 is 2.91. The van der Waals surface area contributed by atoms with Crippen molar-refractivity contribution in [3.8, 4) is 0 Å². The van der Waals surface area contributed by atoms with Gasteiger partial charge in [0.1, 0.15) is 4.83 Å². The van der Waals surface area contributed by atoms with E-state index in [-0.39, 0.29) is 22.8 Å². The van der Waals surface area contributed by atoms with Crippen molar-refractivity contribution in [2.75, 3.05) is 5.73 Å². The summed E-state index contributed by atoms with van der Waals surface area (Å²) in [6.45, 7) is 6.52. The first-order chi connectivity index (χ1) is 16.3. The van der Waals surface area contributed by atoms with E-state index in [1.54, 1.807) is 15.9 Å². The molecule has 9 nitrogen and oxygen atoms in total. The van der Waals surface area contributed by atoms with E-state index < -0.39 is 0 Å². The Bertz CT molecular complexity index is 1640. The lowest BCUT2D eigenvalue weighted by Gasteiger charge is -2.12. The molecule has 5 aromatic rings. The van der Waals surface area contributed by atoms with Gasteiger partial charge in [-0.15, -0.1) is 11.3 Å². The molecule has 5 rings (SSSR count). The zero-order valence-corrected chi connectivity index (χ0v) is 20.6. The summed E-state index contributed by atoms with van der Waals surface area (Å²) in [5.41, 5.74) is 9.02. The number of aromatic nitrogens is 6. The molecule has 34 heavy (non-hydrogen) atoms. The highest BCUT2D eigenvalue weighted by atomic mass is 32.2. The van der Waals surface area contributed by atoms with Gasteiger partial charge in [0.2, 0.25) is 5.95 Å².